The molecule has 106 valence electrons. The van der Waals surface area contributed by atoms with Crippen LogP contribution in [-0.4, -0.2) is 43.5 Å². The van der Waals surface area contributed by atoms with Crippen LogP contribution in [0, 0.1) is 0 Å². The van der Waals surface area contributed by atoms with Crippen molar-refractivity contribution in [3.05, 3.63) is 0 Å². The van der Waals surface area contributed by atoms with Crippen LogP contribution in [0.4, 0.5) is 8.68 Å². The molecule has 1 rings (SSSR count). The van der Waals surface area contributed by atoms with Gasteiger partial charge in [0.1, 0.15) is 5.60 Å². The number of piperidine rings is 1. The van der Waals surface area contributed by atoms with Gasteiger partial charge < -0.3 is 10.1 Å². The third-order valence-electron chi connectivity index (χ3n) is 2.48. The van der Waals surface area contributed by atoms with E-state index >= 15 is 0 Å². The Bertz CT molecular complexity index is 397. The molecule has 1 aliphatic rings. The van der Waals surface area contributed by atoms with Crippen molar-refractivity contribution in [1.29, 1.82) is 0 Å². The van der Waals surface area contributed by atoms with Crippen molar-refractivity contribution in [2.24, 2.45) is 0 Å². The molecule has 1 N–H and O–H groups in total. The van der Waals surface area contributed by atoms with Gasteiger partial charge in [-0.15, -0.1) is 0 Å². The number of ether oxygens (including phenoxy) is 1. The lowest BCUT2D eigenvalue weighted by Gasteiger charge is -2.30. The Kier molecular flexibility index (Phi) is 4.55. The van der Waals surface area contributed by atoms with Gasteiger partial charge in [-0.05, 0) is 33.6 Å². The standard InChI is InChI=1S/C10H19FN2O4S/c1-10(2,3)17-9(14)12-8-4-6-13(7-5-8)18(11,15)16/h8H,4-7H2,1-3H3,(H,12,14). The minimum atomic E-state index is -4.62. The van der Waals surface area contributed by atoms with Gasteiger partial charge in [0.2, 0.25) is 0 Å². The van der Waals surface area contributed by atoms with Crippen molar-refractivity contribution in [3.63, 3.8) is 0 Å². The zero-order chi connectivity index (χ0) is 14.0. The van der Waals surface area contributed by atoms with Gasteiger partial charge in [0.05, 0.1) is 0 Å². The predicted octanol–water partition coefficient (Wildman–Crippen LogP) is 1.19. The Morgan fingerprint density at radius 2 is 1.83 bits per heavy atom. The molecule has 0 spiro atoms. The van der Waals surface area contributed by atoms with E-state index < -0.39 is 22.1 Å². The molecule has 8 heteroatoms. The van der Waals surface area contributed by atoms with Crippen LogP contribution >= 0.6 is 0 Å². The second kappa shape index (κ2) is 5.40. The highest BCUT2D eigenvalue weighted by molar-refractivity contribution is 7.83. The lowest BCUT2D eigenvalue weighted by molar-refractivity contribution is 0.0489. The zero-order valence-corrected chi connectivity index (χ0v) is 11.6. The molecule has 0 unspecified atom stereocenters. The van der Waals surface area contributed by atoms with E-state index in [0.29, 0.717) is 12.8 Å². The summed E-state index contributed by atoms with van der Waals surface area (Å²) in [7, 11) is -4.62. The van der Waals surface area contributed by atoms with Gasteiger partial charge in [-0.1, -0.05) is 3.89 Å². The first-order chi connectivity index (χ1) is 8.08. The quantitative estimate of drug-likeness (QED) is 0.772. The number of amides is 1. The summed E-state index contributed by atoms with van der Waals surface area (Å²) in [6.45, 7) is 5.40. The molecule has 18 heavy (non-hydrogen) atoms. The molecule has 0 aromatic rings. The van der Waals surface area contributed by atoms with E-state index in [9.17, 15) is 17.1 Å². The van der Waals surface area contributed by atoms with Gasteiger partial charge >= 0.3 is 16.5 Å². The fraction of sp³-hybridized carbons (Fsp3) is 0.900. The van der Waals surface area contributed by atoms with Gasteiger partial charge in [-0.3, -0.25) is 0 Å². The Morgan fingerprint density at radius 1 is 1.33 bits per heavy atom. The van der Waals surface area contributed by atoms with E-state index in [1.54, 1.807) is 20.8 Å². The van der Waals surface area contributed by atoms with E-state index in [1.807, 2.05) is 0 Å². The second-order valence-corrected chi connectivity index (χ2v) is 6.60. The Morgan fingerprint density at radius 3 is 2.22 bits per heavy atom. The van der Waals surface area contributed by atoms with Crippen molar-refractivity contribution in [2.45, 2.75) is 45.3 Å². The molecular formula is C10H19FN2O4S. The number of carbonyl (C=O) groups is 1. The van der Waals surface area contributed by atoms with Crippen molar-refractivity contribution in [3.8, 4) is 0 Å². The average molecular weight is 282 g/mol. The molecule has 1 saturated heterocycles. The molecule has 1 amide bonds. The molecule has 0 aliphatic carbocycles. The van der Waals surface area contributed by atoms with Gasteiger partial charge in [-0.2, -0.15) is 12.7 Å². The normalized spacial score (nSPS) is 19.6. The number of hydrogen-bond acceptors (Lipinski definition) is 4. The molecule has 1 heterocycles. The molecule has 1 fully saturated rings. The first kappa shape index (κ1) is 15.2. The summed E-state index contributed by atoms with van der Waals surface area (Å²) < 4.78 is 39.8. The second-order valence-electron chi connectivity index (χ2n) is 5.26. The Labute approximate surface area is 107 Å². The van der Waals surface area contributed by atoms with Crippen LogP contribution in [0.5, 0.6) is 0 Å². The van der Waals surface area contributed by atoms with Crippen LogP contribution in [0.2, 0.25) is 0 Å². The molecule has 0 aromatic carbocycles. The lowest BCUT2D eigenvalue weighted by Crippen LogP contribution is -2.46. The maximum absolute atomic E-state index is 12.7. The number of rotatable bonds is 2. The summed E-state index contributed by atoms with van der Waals surface area (Å²) >= 11 is 0. The highest BCUT2D eigenvalue weighted by atomic mass is 32.3. The van der Waals surface area contributed by atoms with Crippen molar-refractivity contribution in [1.82, 2.24) is 9.62 Å². The molecular weight excluding hydrogens is 263 g/mol. The molecule has 0 saturated carbocycles. The topological polar surface area (TPSA) is 75.7 Å². The number of halogens is 1. The smallest absolute Gasteiger partial charge is 0.407 e. The summed E-state index contributed by atoms with van der Waals surface area (Å²) in [6, 6.07) is -0.183. The molecule has 0 radical (unpaired) electrons. The average Bonchev–Trinajstić information content (AvgIpc) is 2.13. The maximum atomic E-state index is 12.7. The van der Waals surface area contributed by atoms with Crippen LogP contribution in [0.3, 0.4) is 0 Å². The number of alkyl carbamates (subject to hydrolysis) is 1. The fourth-order valence-corrected chi connectivity index (χ4v) is 2.34. The molecule has 0 aromatic heterocycles. The van der Waals surface area contributed by atoms with E-state index in [-0.39, 0.29) is 19.1 Å². The summed E-state index contributed by atoms with van der Waals surface area (Å²) in [6.07, 6.45) is 0.217. The predicted molar refractivity (Wildman–Crippen MR) is 64.0 cm³/mol. The van der Waals surface area contributed by atoms with Crippen LogP contribution in [0.1, 0.15) is 33.6 Å². The minimum Gasteiger partial charge on any atom is -0.444 e. The fourth-order valence-electron chi connectivity index (χ4n) is 1.69. The number of hydrogen-bond donors (Lipinski definition) is 1. The zero-order valence-electron chi connectivity index (χ0n) is 10.8. The van der Waals surface area contributed by atoms with Crippen LogP contribution in [-0.2, 0) is 15.1 Å². The van der Waals surface area contributed by atoms with Crippen molar-refractivity contribution in [2.75, 3.05) is 13.1 Å². The highest BCUT2D eigenvalue weighted by Gasteiger charge is 2.29. The summed E-state index contributed by atoms with van der Waals surface area (Å²) in [4.78, 5) is 11.5. The first-order valence-corrected chi connectivity index (χ1v) is 7.11. The summed E-state index contributed by atoms with van der Waals surface area (Å²) in [5, 5.41) is 2.64. The summed E-state index contributed by atoms with van der Waals surface area (Å²) in [5.74, 6) is 0. The van der Waals surface area contributed by atoms with E-state index in [1.165, 1.54) is 0 Å². The molecule has 6 nitrogen and oxygen atoms in total. The monoisotopic (exact) mass is 282 g/mol. The van der Waals surface area contributed by atoms with Gasteiger partial charge in [0.25, 0.3) is 0 Å². The van der Waals surface area contributed by atoms with E-state index in [2.05, 4.69) is 5.32 Å². The van der Waals surface area contributed by atoms with Crippen LogP contribution in [0.25, 0.3) is 0 Å². The largest absolute Gasteiger partial charge is 0.444 e. The Balaban J connectivity index is 2.38. The van der Waals surface area contributed by atoms with Gasteiger partial charge in [-0.25, -0.2) is 4.79 Å². The SMILES string of the molecule is CC(C)(C)OC(=O)NC1CCN(S(=O)(=O)F)CC1. The van der Waals surface area contributed by atoms with Crippen LogP contribution in [0.15, 0.2) is 0 Å². The third-order valence-corrected chi connectivity index (χ3v) is 3.47. The van der Waals surface area contributed by atoms with Crippen molar-refractivity contribution >= 4 is 16.5 Å². The number of nitrogens with zero attached hydrogens (tertiary/aromatic N) is 1. The highest BCUT2D eigenvalue weighted by Crippen LogP contribution is 2.15. The number of carbonyl (C=O) groups excluding carboxylic acids is 1. The van der Waals surface area contributed by atoms with Crippen molar-refractivity contribution < 1.29 is 21.8 Å². The van der Waals surface area contributed by atoms with E-state index in [4.69, 9.17) is 4.74 Å². The first-order valence-electron chi connectivity index (χ1n) is 5.77. The van der Waals surface area contributed by atoms with Gasteiger partial charge in [0, 0.05) is 19.1 Å². The molecule has 0 atom stereocenters. The van der Waals surface area contributed by atoms with E-state index in [0.717, 1.165) is 4.31 Å². The third kappa shape index (κ3) is 5.18. The maximum Gasteiger partial charge on any atom is 0.407 e. The van der Waals surface area contributed by atoms with Crippen LogP contribution < -0.4 is 5.32 Å². The summed E-state index contributed by atoms with van der Waals surface area (Å²) in [5.41, 5.74) is -0.576. The number of nitrogens with one attached hydrogen (secondary N) is 1. The van der Waals surface area contributed by atoms with Gasteiger partial charge in [0.15, 0.2) is 0 Å². The molecule has 0 bridgehead atoms. The Hall–Kier alpha value is -0.890. The lowest BCUT2D eigenvalue weighted by atomic mass is 10.1. The molecule has 1 aliphatic heterocycles. The minimum absolute atomic E-state index is 0.0687.